The Morgan fingerprint density at radius 3 is 2.78 bits per heavy atom. The van der Waals surface area contributed by atoms with Crippen LogP contribution in [0.2, 0.25) is 0 Å². The molecule has 8 nitrogen and oxygen atoms in total. The second kappa shape index (κ2) is 5.48. The minimum Gasteiger partial charge on any atom is -0.318 e. The molecule has 1 amide bonds. The molecule has 3 heterocycles. The maximum absolute atomic E-state index is 12.5. The summed E-state index contributed by atoms with van der Waals surface area (Å²) in [6, 6.07) is 0.0879. The van der Waals surface area contributed by atoms with Crippen molar-refractivity contribution in [2.24, 2.45) is 0 Å². The Balaban J connectivity index is 1.87. The van der Waals surface area contributed by atoms with E-state index < -0.39 is 15.9 Å². The van der Waals surface area contributed by atoms with Crippen LogP contribution >= 0.6 is 0 Å². The number of nitrogens with zero attached hydrogens (tertiary/aromatic N) is 4. The minimum atomic E-state index is -3.95. The molecule has 0 saturated carbocycles. The van der Waals surface area contributed by atoms with E-state index >= 15 is 0 Å². The van der Waals surface area contributed by atoms with E-state index in [0.29, 0.717) is 12.2 Å². The summed E-state index contributed by atoms with van der Waals surface area (Å²) in [6.45, 7) is 6.14. The van der Waals surface area contributed by atoms with E-state index in [1.807, 2.05) is 13.8 Å². The molecule has 0 fully saturated rings. The number of amides is 1. The lowest BCUT2D eigenvalue weighted by molar-refractivity contribution is 0.0980. The molecular weight excluding hydrogens is 318 g/mol. The Bertz CT molecular complexity index is 863. The summed E-state index contributed by atoms with van der Waals surface area (Å²) in [7, 11) is -3.95. The summed E-state index contributed by atoms with van der Waals surface area (Å²) in [5.41, 5.74) is 0.744. The molecule has 9 heteroatoms. The number of hydrogen-bond acceptors (Lipinski definition) is 5. The van der Waals surface area contributed by atoms with Gasteiger partial charge in [0, 0.05) is 25.2 Å². The normalized spacial score (nSPS) is 14.3. The van der Waals surface area contributed by atoms with Gasteiger partial charge in [-0.05, 0) is 27.2 Å². The molecule has 1 aliphatic rings. The molecule has 2 aromatic heterocycles. The third kappa shape index (κ3) is 2.76. The summed E-state index contributed by atoms with van der Waals surface area (Å²) in [4.78, 5) is 16.4. The summed E-state index contributed by atoms with van der Waals surface area (Å²) in [5, 5.41) is 4.26. The first-order valence-electron chi connectivity index (χ1n) is 7.47. The molecule has 0 bridgehead atoms. The van der Waals surface area contributed by atoms with Gasteiger partial charge in [-0.15, -0.1) is 0 Å². The summed E-state index contributed by atoms with van der Waals surface area (Å²) in [6.07, 6.45) is 4.48. The second-order valence-electron chi connectivity index (χ2n) is 5.90. The monoisotopic (exact) mass is 337 g/mol. The number of nitrogens with one attached hydrogen (secondary N) is 1. The zero-order chi connectivity index (χ0) is 16.8. The van der Waals surface area contributed by atoms with Gasteiger partial charge in [-0.2, -0.15) is 13.5 Å². The lowest BCUT2D eigenvalue weighted by atomic mass is 10.2. The van der Waals surface area contributed by atoms with Crippen molar-refractivity contribution in [3.63, 3.8) is 0 Å². The highest BCUT2D eigenvalue weighted by molar-refractivity contribution is 7.90. The topological polar surface area (TPSA) is 98.9 Å². The summed E-state index contributed by atoms with van der Waals surface area (Å²) < 4.78 is 30.3. The average molecular weight is 337 g/mol. The average Bonchev–Trinajstić information content (AvgIpc) is 3.10. The van der Waals surface area contributed by atoms with Crippen molar-refractivity contribution in [1.82, 2.24) is 24.1 Å². The Hall–Kier alpha value is -2.16. The fourth-order valence-corrected chi connectivity index (χ4v) is 3.78. The van der Waals surface area contributed by atoms with Crippen molar-refractivity contribution >= 4 is 15.9 Å². The van der Waals surface area contributed by atoms with E-state index in [1.165, 1.54) is 6.20 Å². The Labute approximate surface area is 134 Å². The SMILES string of the molecule is Cc1nn(C(C)C)cc1C(=O)NS(=O)(=O)c1cnc2n1CCC2. The van der Waals surface area contributed by atoms with Gasteiger partial charge < -0.3 is 4.57 Å². The lowest BCUT2D eigenvalue weighted by Crippen LogP contribution is -2.32. The molecule has 0 atom stereocenters. The van der Waals surface area contributed by atoms with E-state index in [4.69, 9.17) is 0 Å². The van der Waals surface area contributed by atoms with E-state index in [1.54, 1.807) is 22.4 Å². The molecule has 23 heavy (non-hydrogen) atoms. The van der Waals surface area contributed by atoms with Crippen molar-refractivity contribution < 1.29 is 13.2 Å². The Morgan fingerprint density at radius 1 is 1.39 bits per heavy atom. The molecule has 0 radical (unpaired) electrons. The van der Waals surface area contributed by atoms with Crippen LogP contribution in [0.3, 0.4) is 0 Å². The maximum atomic E-state index is 12.5. The number of aryl methyl sites for hydroxylation is 2. The van der Waals surface area contributed by atoms with E-state index in [0.717, 1.165) is 18.7 Å². The van der Waals surface area contributed by atoms with Crippen molar-refractivity contribution in [1.29, 1.82) is 0 Å². The largest absolute Gasteiger partial charge is 0.318 e. The first-order chi connectivity index (χ1) is 10.8. The van der Waals surface area contributed by atoms with Gasteiger partial charge in [0.2, 0.25) is 0 Å². The molecule has 0 saturated heterocycles. The van der Waals surface area contributed by atoms with Gasteiger partial charge in [-0.1, -0.05) is 0 Å². The standard InChI is InChI=1S/C14H19N5O3S/c1-9(2)19-8-11(10(3)16-19)14(20)17-23(21,22)13-7-15-12-5-4-6-18(12)13/h7-9H,4-6H2,1-3H3,(H,17,20). The minimum absolute atomic E-state index is 0.0345. The molecule has 1 N–H and O–H groups in total. The Kier molecular flexibility index (Phi) is 3.75. The Morgan fingerprint density at radius 2 is 2.13 bits per heavy atom. The third-order valence-corrected chi connectivity index (χ3v) is 5.21. The van der Waals surface area contributed by atoms with Gasteiger partial charge in [0.1, 0.15) is 5.82 Å². The van der Waals surface area contributed by atoms with Crippen molar-refractivity contribution in [2.75, 3.05) is 0 Å². The van der Waals surface area contributed by atoms with Gasteiger partial charge in [-0.25, -0.2) is 9.71 Å². The first kappa shape index (κ1) is 15.7. The zero-order valence-corrected chi connectivity index (χ0v) is 14.1. The van der Waals surface area contributed by atoms with E-state index in [9.17, 15) is 13.2 Å². The first-order valence-corrected chi connectivity index (χ1v) is 8.95. The molecule has 124 valence electrons. The molecule has 0 spiro atoms. The van der Waals surface area contributed by atoms with Gasteiger partial charge in [0.15, 0.2) is 5.03 Å². The van der Waals surface area contributed by atoms with Gasteiger partial charge in [-0.3, -0.25) is 9.48 Å². The van der Waals surface area contributed by atoms with E-state index in [-0.39, 0.29) is 16.6 Å². The number of hydrogen-bond donors (Lipinski definition) is 1. The van der Waals surface area contributed by atoms with Crippen LogP contribution < -0.4 is 4.72 Å². The van der Waals surface area contributed by atoms with Crippen LogP contribution in [0.25, 0.3) is 0 Å². The summed E-state index contributed by atoms with van der Waals surface area (Å²) >= 11 is 0. The quantitative estimate of drug-likeness (QED) is 0.898. The summed E-state index contributed by atoms with van der Waals surface area (Å²) in [5.74, 6) is 0.0598. The van der Waals surface area contributed by atoms with Crippen LogP contribution in [-0.2, 0) is 23.0 Å². The van der Waals surface area contributed by atoms with Crippen LogP contribution in [0, 0.1) is 6.92 Å². The van der Waals surface area contributed by atoms with Crippen molar-refractivity contribution in [2.45, 2.75) is 51.2 Å². The number of carbonyl (C=O) groups is 1. The van der Waals surface area contributed by atoms with Crippen LogP contribution in [0.4, 0.5) is 0 Å². The molecule has 0 unspecified atom stereocenters. The number of fused-ring (bicyclic) bond motifs is 1. The predicted octanol–water partition coefficient (Wildman–Crippen LogP) is 1.03. The van der Waals surface area contributed by atoms with E-state index in [2.05, 4.69) is 14.8 Å². The highest BCUT2D eigenvalue weighted by Crippen LogP contribution is 2.20. The van der Waals surface area contributed by atoms with Crippen LogP contribution in [0.1, 0.15) is 48.2 Å². The molecule has 0 aliphatic carbocycles. The maximum Gasteiger partial charge on any atom is 0.281 e. The van der Waals surface area contributed by atoms with Crippen LogP contribution in [0.5, 0.6) is 0 Å². The fraction of sp³-hybridized carbons (Fsp3) is 0.500. The number of carbonyl (C=O) groups excluding carboxylic acids is 1. The molecule has 3 rings (SSSR count). The number of rotatable bonds is 4. The van der Waals surface area contributed by atoms with Crippen molar-refractivity contribution in [3.05, 3.63) is 29.5 Å². The number of sulfonamides is 1. The van der Waals surface area contributed by atoms with Gasteiger partial charge in [0.25, 0.3) is 15.9 Å². The third-order valence-electron chi connectivity index (χ3n) is 3.88. The second-order valence-corrected chi connectivity index (χ2v) is 7.53. The number of aromatic nitrogens is 4. The van der Waals surface area contributed by atoms with Crippen LogP contribution in [0.15, 0.2) is 17.4 Å². The molecular formula is C14H19N5O3S. The van der Waals surface area contributed by atoms with Crippen LogP contribution in [-0.4, -0.2) is 33.7 Å². The predicted molar refractivity (Wildman–Crippen MR) is 82.5 cm³/mol. The molecule has 0 aromatic carbocycles. The highest BCUT2D eigenvalue weighted by atomic mass is 32.2. The molecule has 1 aliphatic heterocycles. The number of imidazole rings is 1. The highest BCUT2D eigenvalue weighted by Gasteiger charge is 2.28. The fourth-order valence-electron chi connectivity index (χ4n) is 2.64. The van der Waals surface area contributed by atoms with Gasteiger partial charge >= 0.3 is 0 Å². The zero-order valence-electron chi connectivity index (χ0n) is 13.3. The van der Waals surface area contributed by atoms with Gasteiger partial charge in [0.05, 0.1) is 17.5 Å². The molecule has 2 aromatic rings. The van der Waals surface area contributed by atoms with Crippen molar-refractivity contribution in [3.8, 4) is 0 Å². The smallest absolute Gasteiger partial charge is 0.281 e. The lowest BCUT2D eigenvalue weighted by Gasteiger charge is -2.08.